The molecule has 2 aliphatic rings. The van der Waals surface area contributed by atoms with Crippen molar-refractivity contribution in [2.24, 2.45) is 5.41 Å². The number of Topliss-reactive ketones (excluding diaryl/α,β-unsaturated/α-hetero) is 1. The van der Waals surface area contributed by atoms with Crippen molar-refractivity contribution in [2.45, 2.75) is 39.7 Å². The van der Waals surface area contributed by atoms with Gasteiger partial charge in [0.05, 0.1) is 24.5 Å². The normalized spacial score (nSPS) is 20.3. The molecule has 2 aromatic rings. The maximum absolute atomic E-state index is 13.4. The van der Waals surface area contributed by atoms with E-state index in [9.17, 15) is 9.59 Å². The topological polar surface area (TPSA) is 58.6 Å². The van der Waals surface area contributed by atoms with E-state index in [4.69, 9.17) is 4.74 Å². The van der Waals surface area contributed by atoms with E-state index in [1.807, 2.05) is 48.5 Å². The number of benzene rings is 2. The average Bonchev–Trinajstić information content (AvgIpc) is 2.81. The van der Waals surface area contributed by atoms with Crippen LogP contribution in [0, 0.1) is 5.41 Å². The molecule has 1 amide bonds. The van der Waals surface area contributed by atoms with Crippen LogP contribution in [0.15, 0.2) is 59.8 Å². The van der Waals surface area contributed by atoms with E-state index in [1.165, 1.54) is 0 Å². The third kappa shape index (κ3) is 3.41. The van der Waals surface area contributed by atoms with Gasteiger partial charge in [-0.15, -0.1) is 0 Å². The van der Waals surface area contributed by atoms with Crippen molar-refractivity contribution in [3.63, 3.8) is 0 Å². The molecule has 4 rings (SSSR count). The van der Waals surface area contributed by atoms with Gasteiger partial charge < -0.3 is 10.1 Å². The number of para-hydroxylation sites is 2. The molecule has 1 N–H and O–H groups in total. The molecule has 5 heteroatoms. The Bertz CT molecular complexity index is 1010. The Morgan fingerprint density at radius 2 is 1.79 bits per heavy atom. The molecule has 0 spiro atoms. The molecule has 150 valence electrons. The van der Waals surface area contributed by atoms with E-state index >= 15 is 0 Å². The van der Waals surface area contributed by atoms with Crippen LogP contribution in [0.4, 0.5) is 11.4 Å². The maximum atomic E-state index is 13.4. The highest BCUT2D eigenvalue weighted by Gasteiger charge is 2.42. The first-order valence-corrected chi connectivity index (χ1v) is 9.87. The minimum absolute atomic E-state index is 0.0867. The number of methoxy groups -OCH3 is 1. The Morgan fingerprint density at radius 1 is 1.10 bits per heavy atom. The fourth-order valence-corrected chi connectivity index (χ4v) is 4.44. The number of carbonyl (C=O) groups is 2. The van der Waals surface area contributed by atoms with Crippen LogP contribution in [-0.2, 0) is 9.59 Å². The quantitative estimate of drug-likeness (QED) is 0.796. The monoisotopic (exact) mass is 390 g/mol. The highest BCUT2D eigenvalue weighted by Crippen LogP contribution is 2.48. The first-order chi connectivity index (χ1) is 13.8. The first-order valence-electron chi connectivity index (χ1n) is 9.87. The van der Waals surface area contributed by atoms with E-state index in [1.54, 1.807) is 18.9 Å². The number of carbonyl (C=O) groups excluding carboxylic acids is 2. The van der Waals surface area contributed by atoms with Crippen LogP contribution < -0.4 is 15.0 Å². The predicted octanol–water partition coefficient (Wildman–Crippen LogP) is 4.86. The number of ketones is 1. The van der Waals surface area contributed by atoms with Gasteiger partial charge in [0, 0.05) is 24.6 Å². The SMILES string of the molecule is COc1ccc([C@H]2C3=C(CC(C)(C)CC3=O)Nc3ccccc3N2C(C)=O)cc1. The summed E-state index contributed by atoms with van der Waals surface area (Å²) in [6.07, 6.45) is 1.21. The summed E-state index contributed by atoms with van der Waals surface area (Å²) in [6.45, 7) is 5.77. The number of anilines is 2. The van der Waals surface area contributed by atoms with Crippen molar-refractivity contribution in [1.82, 2.24) is 0 Å². The molecule has 5 nitrogen and oxygen atoms in total. The summed E-state index contributed by atoms with van der Waals surface area (Å²) < 4.78 is 5.29. The lowest BCUT2D eigenvalue weighted by Gasteiger charge is -2.36. The van der Waals surface area contributed by atoms with Gasteiger partial charge in [-0.05, 0) is 41.7 Å². The van der Waals surface area contributed by atoms with E-state index < -0.39 is 6.04 Å². The van der Waals surface area contributed by atoms with Crippen molar-refractivity contribution in [2.75, 3.05) is 17.3 Å². The van der Waals surface area contributed by atoms with E-state index in [0.717, 1.165) is 34.8 Å². The third-order valence-corrected chi connectivity index (χ3v) is 5.67. The van der Waals surface area contributed by atoms with Gasteiger partial charge in [-0.3, -0.25) is 14.5 Å². The fourth-order valence-electron chi connectivity index (χ4n) is 4.44. The molecule has 1 aliphatic heterocycles. The summed E-state index contributed by atoms with van der Waals surface area (Å²) in [7, 11) is 1.62. The van der Waals surface area contributed by atoms with Crippen molar-refractivity contribution in [3.8, 4) is 5.75 Å². The van der Waals surface area contributed by atoms with Crippen LogP contribution in [0.3, 0.4) is 0 Å². The van der Waals surface area contributed by atoms with E-state index in [0.29, 0.717) is 12.0 Å². The maximum Gasteiger partial charge on any atom is 0.224 e. The highest BCUT2D eigenvalue weighted by atomic mass is 16.5. The van der Waals surface area contributed by atoms with Crippen LogP contribution in [0.5, 0.6) is 5.75 Å². The lowest BCUT2D eigenvalue weighted by atomic mass is 9.73. The van der Waals surface area contributed by atoms with Gasteiger partial charge in [0.25, 0.3) is 0 Å². The Labute approximate surface area is 171 Å². The molecule has 0 unspecified atom stereocenters. The Balaban J connectivity index is 1.98. The molecule has 0 radical (unpaired) electrons. The van der Waals surface area contributed by atoms with E-state index in [2.05, 4.69) is 19.2 Å². The Morgan fingerprint density at radius 3 is 2.45 bits per heavy atom. The van der Waals surface area contributed by atoms with Gasteiger partial charge in [-0.25, -0.2) is 0 Å². The number of ether oxygens (including phenoxy) is 1. The zero-order valence-electron chi connectivity index (χ0n) is 17.3. The second-order valence-electron chi connectivity index (χ2n) is 8.54. The summed E-state index contributed by atoms with van der Waals surface area (Å²) in [5.74, 6) is 0.718. The summed E-state index contributed by atoms with van der Waals surface area (Å²) in [4.78, 5) is 28.0. The van der Waals surface area contributed by atoms with Gasteiger partial charge in [-0.1, -0.05) is 38.1 Å². The van der Waals surface area contributed by atoms with Crippen LogP contribution in [-0.4, -0.2) is 18.8 Å². The zero-order chi connectivity index (χ0) is 20.8. The minimum Gasteiger partial charge on any atom is -0.497 e. The number of nitrogens with one attached hydrogen (secondary N) is 1. The number of hydrogen-bond donors (Lipinski definition) is 1. The molecule has 1 aliphatic carbocycles. The first kappa shape index (κ1) is 19.2. The molecule has 0 saturated heterocycles. The van der Waals surface area contributed by atoms with Gasteiger partial charge in [0.15, 0.2) is 5.78 Å². The number of amides is 1. The molecular weight excluding hydrogens is 364 g/mol. The van der Waals surface area contributed by atoms with Crippen LogP contribution in [0.1, 0.15) is 45.2 Å². The van der Waals surface area contributed by atoms with Gasteiger partial charge in [-0.2, -0.15) is 0 Å². The molecule has 29 heavy (non-hydrogen) atoms. The zero-order valence-corrected chi connectivity index (χ0v) is 17.3. The minimum atomic E-state index is -0.479. The second kappa shape index (κ2) is 7.07. The molecule has 0 bridgehead atoms. The molecule has 1 heterocycles. The van der Waals surface area contributed by atoms with Gasteiger partial charge in [0.1, 0.15) is 5.75 Å². The van der Waals surface area contributed by atoms with Gasteiger partial charge in [0.2, 0.25) is 5.91 Å². The van der Waals surface area contributed by atoms with Crippen LogP contribution in [0.25, 0.3) is 0 Å². The molecule has 2 aromatic carbocycles. The summed E-state index contributed by atoms with van der Waals surface area (Å²) in [6, 6.07) is 14.9. The van der Waals surface area contributed by atoms with Crippen LogP contribution >= 0.6 is 0 Å². The molecule has 0 saturated carbocycles. The average molecular weight is 390 g/mol. The van der Waals surface area contributed by atoms with Crippen molar-refractivity contribution in [3.05, 3.63) is 65.4 Å². The number of allylic oxidation sites excluding steroid dienone is 1. The Kier molecular flexibility index (Phi) is 4.69. The number of fused-ring (bicyclic) bond motifs is 1. The standard InChI is InChI=1S/C24H26N2O3/c1-15(27)26-20-8-6-5-7-18(20)25-19-13-24(2,3)14-21(28)22(19)23(26)16-9-11-17(29-4)12-10-16/h5-12,23,25H,13-14H2,1-4H3/t23-/m0/s1. The highest BCUT2D eigenvalue weighted by molar-refractivity contribution is 6.05. The largest absolute Gasteiger partial charge is 0.497 e. The van der Waals surface area contributed by atoms with Gasteiger partial charge >= 0.3 is 0 Å². The Hall–Kier alpha value is -3.08. The number of nitrogens with zero attached hydrogens (tertiary/aromatic N) is 1. The molecular formula is C24H26N2O3. The summed E-state index contributed by atoms with van der Waals surface area (Å²) >= 11 is 0. The third-order valence-electron chi connectivity index (χ3n) is 5.67. The van der Waals surface area contributed by atoms with E-state index in [-0.39, 0.29) is 17.1 Å². The number of hydrogen-bond acceptors (Lipinski definition) is 4. The number of rotatable bonds is 2. The predicted molar refractivity (Wildman–Crippen MR) is 114 cm³/mol. The van der Waals surface area contributed by atoms with Crippen LogP contribution in [0.2, 0.25) is 0 Å². The summed E-state index contributed by atoms with van der Waals surface area (Å²) in [5, 5.41) is 3.49. The molecule has 0 fully saturated rings. The smallest absolute Gasteiger partial charge is 0.224 e. The lowest BCUT2D eigenvalue weighted by molar-refractivity contribution is -0.118. The van der Waals surface area contributed by atoms with Crippen molar-refractivity contribution < 1.29 is 14.3 Å². The van der Waals surface area contributed by atoms with Crippen molar-refractivity contribution >= 4 is 23.1 Å². The summed E-state index contributed by atoms with van der Waals surface area (Å²) in [5.41, 5.74) is 3.97. The molecule has 1 atom stereocenters. The van der Waals surface area contributed by atoms with Crippen molar-refractivity contribution in [1.29, 1.82) is 0 Å². The molecule has 0 aromatic heterocycles. The lowest BCUT2D eigenvalue weighted by Crippen LogP contribution is -2.38. The second-order valence-corrected chi connectivity index (χ2v) is 8.54. The fraction of sp³-hybridized carbons (Fsp3) is 0.333.